The van der Waals surface area contributed by atoms with E-state index < -0.39 is 0 Å². The molecule has 2 aliphatic heterocycles. The normalized spacial score (nSPS) is 17.7. The molecule has 1 aromatic heterocycles. The van der Waals surface area contributed by atoms with Crippen LogP contribution in [-0.4, -0.2) is 41.6 Å². The average Bonchev–Trinajstić information content (AvgIpc) is 3.44. The summed E-state index contributed by atoms with van der Waals surface area (Å²) in [6.45, 7) is 3.31. The van der Waals surface area contributed by atoms with Gasteiger partial charge in [-0.15, -0.1) is 0 Å². The molecule has 0 spiro atoms. The summed E-state index contributed by atoms with van der Waals surface area (Å²) in [7, 11) is 0. The first-order valence-corrected chi connectivity index (χ1v) is 10.1. The second kappa shape index (κ2) is 7.40. The number of H-pyrrole nitrogens is 1. The molecule has 30 heavy (non-hydrogen) atoms. The van der Waals surface area contributed by atoms with Gasteiger partial charge in [0.05, 0.1) is 5.92 Å². The second-order valence-electron chi connectivity index (χ2n) is 7.91. The Balaban J connectivity index is 1.21. The summed E-state index contributed by atoms with van der Waals surface area (Å²) in [6, 6.07) is 11.6. The fourth-order valence-electron chi connectivity index (χ4n) is 4.14. The van der Waals surface area contributed by atoms with E-state index in [4.69, 9.17) is 9.47 Å². The van der Waals surface area contributed by atoms with E-state index in [1.165, 1.54) is 16.5 Å². The van der Waals surface area contributed by atoms with Crippen molar-refractivity contribution in [3.05, 3.63) is 53.7 Å². The largest absolute Gasteiger partial charge is 0.454 e. The molecule has 0 saturated carbocycles. The van der Waals surface area contributed by atoms with E-state index in [-0.39, 0.29) is 30.9 Å². The maximum Gasteiger partial charge on any atom is 0.231 e. The number of nitrogens with zero attached hydrogens (tertiary/aromatic N) is 1. The molecule has 5 rings (SSSR count). The van der Waals surface area contributed by atoms with Crippen molar-refractivity contribution in [2.45, 2.75) is 19.8 Å². The Bertz CT molecular complexity index is 1140. The lowest BCUT2D eigenvalue weighted by Gasteiger charge is -2.16. The van der Waals surface area contributed by atoms with Crippen molar-refractivity contribution in [3.8, 4) is 11.5 Å². The first-order chi connectivity index (χ1) is 14.6. The number of hydrogen-bond donors (Lipinski definition) is 2. The molecule has 0 aliphatic carbocycles. The fourth-order valence-corrected chi connectivity index (χ4v) is 4.14. The molecule has 7 heteroatoms. The molecule has 0 bridgehead atoms. The predicted molar refractivity (Wildman–Crippen MR) is 113 cm³/mol. The van der Waals surface area contributed by atoms with Crippen LogP contribution < -0.4 is 14.8 Å². The van der Waals surface area contributed by atoms with Crippen molar-refractivity contribution >= 4 is 28.4 Å². The molecule has 154 valence electrons. The highest BCUT2D eigenvalue weighted by molar-refractivity contribution is 5.97. The van der Waals surface area contributed by atoms with Crippen LogP contribution in [0.2, 0.25) is 0 Å². The van der Waals surface area contributed by atoms with Crippen LogP contribution in [0.4, 0.5) is 5.69 Å². The van der Waals surface area contributed by atoms with Gasteiger partial charge in [-0.2, -0.15) is 0 Å². The first kappa shape index (κ1) is 18.5. The van der Waals surface area contributed by atoms with Gasteiger partial charge in [0.15, 0.2) is 11.5 Å². The zero-order chi connectivity index (χ0) is 20.7. The minimum Gasteiger partial charge on any atom is -0.454 e. The van der Waals surface area contributed by atoms with Crippen molar-refractivity contribution in [1.29, 1.82) is 0 Å². The molecular formula is C23H23N3O4. The van der Waals surface area contributed by atoms with Crippen molar-refractivity contribution in [2.75, 3.05) is 25.2 Å². The van der Waals surface area contributed by atoms with E-state index >= 15 is 0 Å². The maximum absolute atomic E-state index is 12.7. The van der Waals surface area contributed by atoms with E-state index in [1.54, 1.807) is 23.1 Å². The van der Waals surface area contributed by atoms with Gasteiger partial charge in [0.1, 0.15) is 0 Å². The van der Waals surface area contributed by atoms with Crippen LogP contribution in [0.15, 0.2) is 42.6 Å². The molecule has 1 atom stereocenters. The lowest BCUT2D eigenvalue weighted by atomic mass is 10.1. The number of fused-ring (bicyclic) bond motifs is 2. The first-order valence-electron chi connectivity index (χ1n) is 10.1. The maximum atomic E-state index is 12.7. The van der Waals surface area contributed by atoms with E-state index in [0.29, 0.717) is 30.3 Å². The second-order valence-corrected chi connectivity index (χ2v) is 7.91. The Kier molecular flexibility index (Phi) is 4.58. The molecule has 3 aromatic rings. The lowest BCUT2D eigenvalue weighted by Crippen LogP contribution is -2.30. The highest BCUT2D eigenvalue weighted by atomic mass is 16.7. The van der Waals surface area contributed by atoms with Gasteiger partial charge in [-0.25, -0.2) is 0 Å². The summed E-state index contributed by atoms with van der Waals surface area (Å²) < 4.78 is 10.6. The third kappa shape index (κ3) is 3.47. The number of likely N-dealkylation sites (tertiary alicyclic amines) is 1. The van der Waals surface area contributed by atoms with Crippen LogP contribution >= 0.6 is 0 Å². The smallest absolute Gasteiger partial charge is 0.231 e. The third-order valence-corrected chi connectivity index (χ3v) is 5.80. The van der Waals surface area contributed by atoms with Crippen molar-refractivity contribution in [1.82, 2.24) is 9.88 Å². The number of carbonyl (C=O) groups excluding carboxylic acids is 2. The molecule has 0 radical (unpaired) electrons. The molecule has 2 amide bonds. The van der Waals surface area contributed by atoms with E-state index in [0.717, 1.165) is 11.9 Å². The zero-order valence-corrected chi connectivity index (χ0v) is 16.7. The standard InChI is InChI=1S/C23H23N3O4/c1-14-2-4-19-18(8-14)15(11-24-19)6-7-26-12-16(9-22(26)27)23(28)25-17-3-5-20-21(10-17)30-13-29-20/h2-5,8,10-11,16,24H,6-7,9,12-13H2,1H3,(H,25,28). The number of ether oxygens (including phenoxy) is 2. The average molecular weight is 405 g/mol. The Morgan fingerprint density at radius 1 is 1.20 bits per heavy atom. The molecule has 1 unspecified atom stereocenters. The van der Waals surface area contributed by atoms with E-state index in [2.05, 4.69) is 35.4 Å². The van der Waals surface area contributed by atoms with Crippen molar-refractivity contribution in [2.24, 2.45) is 5.92 Å². The molecular weight excluding hydrogens is 382 g/mol. The number of anilines is 1. The number of aromatic amines is 1. The number of benzene rings is 2. The summed E-state index contributed by atoms with van der Waals surface area (Å²) in [5.74, 6) is 0.811. The van der Waals surface area contributed by atoms with Gasteiger partial charge in [-0.3, -0.25) is 9.59 Å². The summed E-state index contributed by atoms with van der Waals surface area (Å²) in [5, 5.41) is 4.09. The molecule has 2 aromatic carbocycles. The van der Waals surface area contributed by atoms with Gasteiger partial charge in [-0.05, 0) is 43.2 Å². The van der Waals surface area contributed by atoms with Crippen LogP contribution in [0.25, 0.3) is 10.9 Å². The van der Waals surface area contributed by atoms with Gasteiger partial charge in [0.2, 0.25) is 18.6 Å². The number of nitrogens with one attached hydrogen (secondary N) is 2. The monoisotopic (exact) mass is 405 g/mol. The molecule has 1 fully saturated rings. The van der Waals surface area contributed by atoms with Gasteiger partial charge < -0.3 is 24.7 Å². The Morgan fingerprint density at radius 2 is 2.07 bits per heavy atom. The highest BCUT2D eigenvalue weighted by Crippen LogP contribution is 2.34. The topological polar surface area (TPSA) is 83.7 Å². The molecule has 2 aliphatic rings. The van der Waals surface area contributed by atoms with Gasteiger partial charge in [0.25, 0.3) is 0 Å². The van der Waals surface area contributed by atoms with Gasteiger partial charge >= 0.3 is 0 Å². The minimum absolute atomic E-state index is 0.0249. The van der Waals surface area contributed by atoms with E-state index in [9.17, 15) is 9.59 Å². The van der Waals surface area contributed by atoms with Crippen LogP contribution in [0.3, 0.4) is 0 Å². The van der Waals surface area contributed by atoms with Gasteiger partial charge in [-0.1, -0.05) is 11.6 Å². The fraction of sp³-hybridized carbons (Fsp3) is 0.304. The van der Waals surface area contributed by atoms with Crippen LogP contribution in [-0.2, 0) is 16.0 Å². The summed E-state index contributed by atoms with van der Waals surface area (Å²) >= 11 is 0. The predicted octanol–water partition coefficient (Wildman–Crippen LogP) is 3.23. The zero-order valence-electron chi connectivity index (χ0n) is 16.7. The molecule has 7 nitrogen and oxygen atoms in total. The minimum atomic E-state index is -0.354. The number of aryl methyl sites for hydroxylation is 1. The quantitative estimate of drug-likeness (QED) is 0.683. The Hall–Kier alpha value is -3.48. The van der Waals surface area contributed by atoms with Crippen molar-refractivity contribution < 1.29 is 19.1 Å². The Labute approximate surface area is 174 Å². The number of rotatable bonds is 5. The molecule has 1 saturated heterocycles. The van der Waals surface area contributed by atoms with Crippen LogP contribution in [0.5, 0.6) is 11.5 Å². The lowest BCUT2D eigenvalue weighted by molar-refractivity contribution is -0.128. The van der Waals surface area contributed by atoms with Gasteiger partial charge in [0, 0.05) is 48.4 Å². The van der Waals surface area contributed by atoms with Crippen LogP contribution in [0, 0.1) is 12.8 Å². The summed E-state index contributed by atoms with van der Waals surface area (Å²) in [4.78, 5) is 30.2. The third-order valence-electron chi connectivity index (χ3n) is 5.80. The molecule has 2 N–H and O–H groups in total. The van der Waals surface area contributed by atoms with Crippen LogP contribution in [0.1, 0.15) is 17.5 Å². The summed E-state index contributed by atoms with van der Waals surface area (Å²) in [6.07, 6.45) is 3.00. The number of amides is 2. The summed E-state index contributed by atoms with van der Waals surface area (Å²) in [5.41, 5.74) is 4.14. The number of hydrogen-bond acceptors (Lipinski definition) is 4. The number of aromatic nitrogens is 1. The Morgan fingerprint density at radius 3 is 2.97 bits per heavy atom. The SMILES string of the molecule is Cc1ccc2[nH]cc(CCN3CC(C(=O)Nc4ccc5c(c4)OCO5)CC3=O)c2c1. The van der Waals surface area contributed by atoms with E-state index in [1.807, 2.05) is 6.20 Å². The van der Waals surface area contributed by atoms with Crippen molar-refractivity contribution in [3.63, 3.8) is 0 Å². The highest BCUT2D eigenvalue weighted by Gasteiger charge is 2.34. The number of carbonyl (C=O) groups is 2. The molecule has 3 heterocycles.